The minimum absolute atomic E-state index is 0.0176. The number of ether oxygens (including phenoxy) is 1. The molecule has 0 bridgehead atoms. The van der Waals surface area contributed by atoms with Gasteiger partial charge in [-0.1, -0.05) is 30.7 Å². The van der Waals surface area contributed by atoms with Crippen molar-refractivity contribution in [1.82, 2.24) is 9.91 Å². The summed E-state index contributed by atoms with van der Waals surface area (Å²) >= 11 is 0. The van der Waals surface area contributed by atoms with Gasteiger partial charge in [-0.05, 0) is 56.1 Å². The van der Waals surface area contributed by atoms with Gasteiger partial charge in [0.1, 0.15) is 11.6 Å². The molecule has 2 heterocycles. The standard InChI is InChI=1S/C24H28FN3O2/c1-17-6-3-4-13-27(17)16-24(29)28-23(18-9-11-20(25)12-10-18)15-22(26-28)19-7-5-8-21(14-19)30-2/h5,7-12,14,17,23H,3-4,6,13,15-16H2,1-2H3/t17-,23+/m1/s1. The van der Waals surface area contributed by atoms with Crippen LogP contribution in [0.4, 0.5) is 4.39 Å². The molecular formula is C24H28FN3O2. The van der Waals surface area contributed by atoms with E-state index in [1.165, 1.54) is 18.6 Å². The quantitative estimate of drug-likeness (QED) is 0.736. The first-order valence-corrected chi connectivity index (χ1v) is 10.6. The van der Waals surface area contributed by atoms with Crippen molar-refractivity contribution in [2.75, 3.05) is 20.2 Å². The molecule has 1 fully saturated rings. The summed E-state index contributed by atoms with van der Waals surface area (Å²) in [4.78, 5) is 15.5. The van der Waals surface area contributed by atoms with Crippen molar-refractivity contribution in [3.05, 3.63) is 65.5 Å². The molecule has 0 aliphatic carbocycles. The van der Waals surface area contributed by atoms with Gasteiger partial charge in [-0.25, -0.2) is 9.40 Å². The Morgan fingerprint density at radius 2 is 2.00 bits per heavy atom. The molecule has 1 saturated heterocycles. The van der Waals surface area contributed by atoms with E-state index in [1.807, 2.05) is 24.3 Å². The number of rotatable bonds is 5. The highest BCUT2D eigenvalue weighted by Crippen LogP contribution is 2.34. The van der Waals surface area contributed by atoms with Crippen LogP contribution >= 0.6 is 0 Å². The van der Waals surface area contributed by atoms with Crippen molar-refractivity contribution in [2.45, 2.75) is 44.7 Å². The highest BCUT2D eigenvalue weighted by molar-refractivity contribution is 6.03. The zero-order chi connectivity index (χ0) is 21.1. The van der Waals surface area contributed by atoms with Gasteiger partial charge in [0.2, 0.25) is 0 Å². The third-order valence-electron chi connectivity index (χ3n) is 6.10. The molecule has 0 radical (unpaired) electrons. The van der Waals surface area contributed by atoms with Gasteiger partial charge in [-0.3, -0.25) is 9.69 Å². The number of likely N-dealkylation sites (tertiary alicyclic amines) is 1. The number of amides is 1. The van der Waals surface area contributed by atoms with Crippen LogP contribution in [0.15, 0.2) is 53.6 Å². The smallest absolute Gasteiger partial charge is 0.257 e. The number of benzene rings is 2. The topological polar surface area (TPSA) is 45.1 Å². The van der Waals surface area contributed by atoms with Gasteiger partial charge in [0.15, 0.2) is 0 Å². The number of carbonyl (C=O) groups is 1. The molecule has 2 aromatic carbocycles. The van der Waals surface area contributed by atoms with Crippen molar-refractivity contribution in [1.29, 1.82) is 0 Å². The van der Waals surface area contributed by atoms with Crippen molar-refractivity contribution in [3.63, 3.8) is 0 Å². The van der Waals surface area contributed by atoms with E-state index in [0.717, 1.165) is 42.0 Å². The summed E-state index contributed by atoms with van der Waals surface area (Å²) in [5.41, 5.74) is 2.66. The lowest BCUT2D eigenvalue weighted by atomic mass is 9.98. The zero-order valence-corrected chi connectivity index (χ0v) is 17.6. The van der Waals surface area contributed by atoms with Crippen LogP contribution in [0, 0.1) is 5.82 Å². The van der Waals surface area contributed by atoms with E-state index in [9.17, 15) is 9.18 Å². The summed E-state index contributed by atoms with van der Waals surface area (Å²) < 4.78 is 18.8. The lowest BCUT2D eigenvalue weighted by molar-refractivity contribution is -0.135. The molecule has 30 heavy (non-hydrogen) atoms. The first-order chi connectivity index (χ1) is 14.5. The molecule has 2 aliphatic rings. The predicted molar refractivity (Wildman–Crippen MR) is 115 cm³/mol. The summed E-state index contributed by atoms with van der Waals surface area (Å²) in [5.74, 6) is 0.446. The van der Waals surface area contributed by atoms with Crippen LogP contribution in [0.2, 0.25) is 0 Å². The second kappa shape index (κ2) is 8.96. The van der Waals surface area contributed by atoms with Crippen molar-refractivity contribution in [2.24, 2.45) is 5.10 Å². The summed E-state index contributed by atoms with van der Waals surface area (Å²) in [6.07, 6.45) is 4.04. The van der Waals surface area contributed by atoms with Crippen LogP contribution in [0.1, 0.15) is 49.8 Å². The van der Waals surface area contributed by atoms with Gasteiger partial charge in [-0.15, -0.1) is 0 Å². The minimum atomic E-state index is -0.286. The maximum Gasteiger partial charge on any atom is 0.257 e. The number of hydrazone groups is 1. The SMILES string of the molecule is COc1cccc(C2=NN(C(=O)CN3CCCC[C@H]3C)[C@H](c3ccc(F)cc3)C2)c1. The third kappa shape index (κ3) is 4.38. The average Bonchev–Trinajstić information content (AvgIpc) is 3.21. The molecule has 158 valence electrons. The monoisotopic (exact) mass is 409 g/mol. The van der Waals surface area contributed by atoms with Gasteiger partial charge < -0.3 is 4.74 Å². The van der Waals surface area contributed by atoms with Crippen molar-refractivity contribution in [3.8, 4) is 5.75 Å². The lowest BCUT2D eigenvalue weighted by Gasteiger charge is -2.34. The molecule has 0 unspecified atom stereocenters. The Hall–Kier alpha value is -2.73. The van der Waals surface area contributed by atoms with E-state index in [2.05, 4.69) is 11.8 Å². The van der Waals surface area contributed by atoms with Crippen LogP contribution in [-0.4, -0.2) is 47.8 Å². The van der Waals surface area contributed by atoms with Crippen LogP contribution in [-0.2, 0) is 4.79 Å². The average molecular weight is 410 g/mol. The number of carbonyl (C=O) groups excluding carboxylic acids is 1. The number of hydrogen-bond donors (Lipinski definition) is 0. The van der Waals surface area contributed by atoms with Crippen LogP contribution in [0.3, 0.4) is 0 Å². The Morgan fingerprint density at radius 1 is 1.20 bits per heavy atom. The molecule has 0 spiro atoms. The number of nitrogens with zero attached hydrogens (tertiary/aromatic N) is 3. The highest BCUT2D eigenvalue weighted by atomic mass is 19.1. The molecule has 2 aromatic rings. The molecule has 6 heteroatoms. The summed E-state index contributed by atoms with van der Waals surface area (Å²) in [5, 5.41) is 6.33. The van der Waals surface area contributed by atoms with Gasteiger partial charge in [0.05, 0.1) is 25.4 Å². The van der Waals surface area contributed by atoms with E-state index in [1.54, 1.807) is 24.3 Å². The normalized spacial score (nSPS) is 22.1. The number of halogens is 1. The summed E-state index contributed by atoms with van der Waals surface area (Å²) in [6.45, 7) is 3.47. The molecule has 2 atom stereocenters. The summed E-state index contributed by atoms with van der Waals surface area (Å²) in [6, 6.07) is 14.2. The molecule has 5 nitrogen and oxygen atoms in total. The molecule has 2 aliphatic heterocycles. The number of piperidine rings is 1. The minimum Gasteiger partial charge on any atom is -0.497 e. The van der Waals surface area contributed by atoms with Crippen LogP contribution < -0.4 is 4.74 Å². The Balaban J connectivity index is 1.61. The van der Waals surface area contributed by atoms with Crippen LogP contribution in [0.5, 0.6) is 5.75 Å². The Labute approximate surface area is 177 Å². The van der Waals surface area contributed by atoms with E-state index in [4.69, 9.17) is 9.84 Å². The molecule has 0 aromatic heterocycles. The fourth-order valence-corrected chi connectivity index (χ4v) is 4.30. The molecule has 1 amide bonds. The van der Waals surface area contributed by atoms with Gasteiger partial charge in [-0.2, -0.15) is 5.10 Å². The Morgan fingerprint density at radius 3 is 2.73 bits per heavy atom. The van der Waals surface area contributed by atoms with Gasteiger partial charge in [0, 0.05) is 18.0 Å². The second-order valence-corrected chi connectivity index (χ2v) is 8.10. The number of methoxy groups -OCH3 is 1. The molecule has 0 N–H and O–H groups in total. The number of hydrogen-bond acceptors (Lipinski definition) is 4. The first kappa shape index (κ1) is 20.5. The summed E-state index contributed by atoms with van der Waals surface area (Å²) in [7, 11) is 1.63. The second-order valence-electron chi connectivity index (χ2n) is 8.10. The maximum absolute atomic E-state index is 13.5. The van der Waals surface area contributed by atoms with Gasteiger partial charge >= 0.3 is 0 Å². The van der Waals surface area contributed by atoms with E-state index >= 15 is 0 Å². The van der Waals surface area contributed by atoms with Crippen molar-refractivity contribution < 1.29 is 13.9 Å². The largest absolute Gasteiger partial charge is 0.497 e. The molecule has 4 rings (SSSR count). The van der Waals surface area contributed by atoms with Crippen molar-refractivity contribution >= 4 is 11.6 Å². The van der Waals surface area contributed by atoms with Crippen LogP contribution in [0.25, 0.3) is 0 Å². The fourth-order valence-electron chi connectivity index (χ4n) is 4.30. The molecule has 0 saturated carbocycles. The fraction of sp³-hybridized carbons (Fsp3) is 0.417. The maximum atomic E-state index is 13.5. The zero-order valence-electron chi connectivity index (χ0n) is 17.6. The highest BCUT2D eigenvalue weighted by Gasteiger charge is 2.34. The van der Waals surface area contributed by atoms with E-state index in [-0.39, 0.29) is 17.8 Å². The Kier molecular flexibility index (Phi) is 6.13. The van der Waals surface area contributed by atoms with E-state index in [0.29, 0.717) is 19.0 Å². The molecular weight excluding hydrogens is 381 g/mol. The third-order valence-corrected chi connectivity index (χ3v) is 6.10. The first-order valence-electron chi connectivity index (χ1n) is 10.6. The predicted octanol–water partition coefficient (Wildman–Crippen LogP) is 4.39. The Bertz CT molecular complexity index is 928. The lowest BCUT2D eigenvalue weighted by Crippen LogP contribution is -2.44. The van der Waals surface area contributed by atoms with Gasteiger partial charge in [0.25, 0.3) is 5.91 Å². The van der Waals surface area contributed by atoms with E-state index < -0.39 is 0 Å².